The van der Waals surface area contributed by atoms with Gasteiger partial charge in [-0.15, -0.1) is 0 Å². The van der Waals surface area contributed by atoms with Crippen molar-refractivity contribution in [3.63, 3.8) is 0 Å². The molecule has 0 saturated heterocycles. The van der Waals surface area contributed by atoms with Crippen molar-refractivity contribution < 1.29 is 13.5 Å². The average molecular weight is 282 g/mol. The second-order valence-corrected chi connectivity index (χ2v) is 4.67. The topological polar surface area (TPSA) is 9.23 Å². The Kier molecular flexibility index (Phi) is 3.23. The standard InChI is InChI=1S/C18H12F2O/c1-21-15-9-5-8-14(12-15)17-16(18(17,19)20)11-10-13-6-3-2-4-7-13/h2-9,12H,1H3. The summed E-state index contributed by atoms with van der Waals surface area (Å²) in [5, 5.41) is 0. The second-order valence-electron chi connectivity index (χ2n) is 4.67. The molecule has 2 aromatic rings. The van der Waals surface area contributed by atoms with E-state index in [4.69, 9.17) is 4.74 Å². The van der Waals surface area contributed by atoms with Crippen LogP contribution in [0.25, 0.3) is 5.57 Å². The van der Waals surface area contributed by atoms with Crippen molar-refractivity contribution in [2.45, 2.75) is 5.92 Å². The molecule has 1 aliphatic rings. The first-order valence-corrected chi connectivity index (χ1v) is 6.47. The SMILES string of the molecule is COc1cccc(C2=C(C#Cc3ccccc3)C2(F)F)c1. The maximum absolute atomic E-state index is 13.9. The number of allylic oxidation sites excluding steroid dienone is 2. The predicted molar refractivity (Wildman–Crippen MR) is 78.2 cm³/mol. The van der Waals surface area contributed by atoms with Crippen molar-refractivity contribution in [1.29, 1.82) is 0 Å². The molecule has 0 fully saturated rings. The highest BCUT2D eigenvalue weighted by atomic mass is 19.3. The minimum Gasteiger partial charge on any atom is -0.497 e. The highest BCUT2D eigenvalue weighted by molar-refractivity contribution is 5.95. The van der Waals surface area contributed by atoms with Crippen molar-refractivity contribution in [1.82, 2.24) is 0 Å². The number of hydrogen-bond donors (Lipinski definition) is 0. The smallest absolute Gasteiger partial charge is 0.308 e. The fourth-order valence-corrected chi connectivity index (χ4v) is 2.14. The summed E-state index contributed by atoms with van der Waals surface area (Å²) in [5.41, 5.74) is 1.05. The first-order valence-electron chi connectivity index (χ1n) is 6.47. The second kappa shape index (κ2) is 5.06. The van der Waals surface area contributed by atoms with Crippen LogP contribution in [-0.2, 0) is 0 Å². The van der Waals surface area contributed by atoms with E-state index in [9.17, 15) is 8.78 Å². The lowest BCUT2D eigenvalue weighted by molar-refractivity contribution is 0.153. The van der Waals surface area contributed by atoms with Gasteiger partial charge in [-0.2, -0.15) is 8.78 Å². The Balaban J connectivity index is 1.94. The maximum Gasteiger partial charge on any atom is 0.308 e. The van der Waals surface area contributed by atoms with Crippen LogP contribution in [0.15, 0.2) is 60.2 Å². The van der Waals surface area contributed by atoms with Gasteiger partial charge in [0.05, 0.1) is 18.3 Å². The third-order valence-corrected chi connectivity index (χ3v) is 3.28. The normalized spacial score (nSPS) is 15.2. The molecule has 1 nitrogen and oxygen atoms in total. The van der Waals surface area contributed by atoms with Gasteiger partial charge in [0.25, 0.3) is 0 Å². The molecule has 1 aliphatic carbocycles. The molecular weight excluding hydrogens is 270 g/mol. The van der Waals surface area contributed by atoms with Crippen LogP contribution in [0, 0.1) is 11.8 Å². The van der Waals surface area contributed by atoms with E-state index in [2.05, 4.69) is 11.8 Å². The summed E-state index contributed by atoms with van der Waals surface area (Å²) in [5.74, 6) is 2.98. The van der Waals surface area contributed by atoms with Gasteiger partial charge in [-0.1, -0.05) is 42.2 Å². The highest BCUT2D eigenvalue weighted by Crippen LogP contribution is 2.55. The van der Waals surface area contributed by atoms with Gasteiger partial charge in [-0.3, -0.25) is 0 Å². The Labute approximate surface area is 121 Å². The minimum absolute atomic E-state index is 0.00942. The fourth-order valence-electron chi connectivity index (χ4n) is 2.14. The van der Waals surface area contributed by atoms with E-state index in [-0.39, 0.29) is 11.1 Å². The van der Waals surface area contributed by atoms with Gasteiger partial charge in [0.2, 0.25) is 0 Å². The molecule has 0 radical (unpaired) electrons. The van der Waals surface area contributed by atoms with Crippen molar-refractivity contribution in [3.05, 3.63) is 71.3 Å². The lowest BCUT2D eigenvalue weighted by Gasteiger charge is -2.01. The molecule has 0 saturated carbocycles. The third-order valence-electron chi connectivity index (χ3n) is 3.28. The molecule has 0 N–H and O–H groups in total. The van der Waals surface area contributed by atoms with Crippen LogP contribution >= 0.6 is 0 Å². The molecule has 3 rings (SSSR count). The number of methoxy groups -OCH3 is 1. The highest BCUT2D eigenvalue weighted by Gasteiger charge is 2.56. The first kappa shape index (κ1) is 13.4. The summed E-state index contributed by atoms with van der Waals surface area (Å²) in [6, 6.07) is 15.7. The van der Waals surface area contributed by atoms with E-state index < -0.39 is 5.92 Å². The van der Waals surface area contributed by atoms with Crippen molar-refractivity contribution >= 4 is 5.57 Å². The summed E-state index contributed by atoms with van der Waals surface area (Å²) < 4.78 is 32.8. The summed E-state index contributed by atoms with van der Waals surface area (Å²) in [6.07, 6.45) is 0. The zero-order valence-electron chi connectivity index (χ0n) is 11.4. The number of hydrogen-bond acceptors (Lipinski definition) is 1. The van der Waals surface area contributed by atoms with Crippen LogP contribution in [0.2, 0.25) is 0 Å². The van der Waals surface area contributed by atoms with Gasteiger partial charge >= 0.3 is 5.92 Å². The Bertz CT molecular complexity index is 765. The van der Waals surface area contributed by atoms with E-state index in [1.165, 1.54) is 7.11 Å². The van der Waals surface area contributed by atoms with Gasteiger partial charge < -0.3 is 4.74 Å². The molecule has 104 valence electrons. The van der Waals surface area contributed by atoms with Gasteiger partial charge in [-0.25, -0.2) is 0 Å². The molecular formula is C18H12F2O. The zero-order valence-corrected chi connectivity index (χ0v) is 11.4. The van der Waals surface area contributed by atoms with E-state index >= 15 is 0 Å². The lowest BCUT2D eigenvalue weighted by Crippen LogP contribution is -1.96. The number of ether oxygens (including phenoxy) is 1. The molecule has 0 amide bonds. The lowest BCUT2D eigenvalue weighted by atomic mass is 10.1. The van der Waals surface area contributed by atoms with Crippen LogP contribution in [0.1, 0.15) is 11.1 Å². The van der Waals surface area contributed by atoms with Crippen molar-refractivity contribution in [3.8, 4) is 17.6 Å². The Morgan fingerprint density at radius 2 is 1.71 bits per heavy atom. The van der Waals surface area contributed by atoms with Gasteiger partial charge in [-0.05, 0) is 29.8 Å². The van der Waals surface area contributed by atoms with Crippen LogP contribution < -0.4 is 4.74 Å². The van der Waals surface area contributed by atoms with Gasteiger partial charge in [0.1, 0.15) is 5.75 Å². The van der Waals surface area contributed by atoms with E-state index in [1.54, 1.807) is 36.4 Å². The van der Waals surface area contributed by atoms with Crippen LogP contribution in [0.3, 0.4) is 0 Å². The summed E-state index contributed by atoms with van der Waals surface area (Å²) in [6.45, 7) is 0. The summed E-state index contributed by atoms with van der Waals surface area (Å²) in [4.78, 5) is 0. The van der Waals surface area contributed by atoms with Crippen LogP contribution in [0.4, 0.5) is 8.78 Å². The molecule has 3 heteroatoms. The quantitative estimate of drug-likeness (QED) is 0.752. The number of rotatable bonds is 2. The van der Waals surface area contributed by atoms with E-state index in [0.29, 0.717) is 11.3 Å². The van der Waals surface area contributed by atoms with Crippen LogP contribution in [-0.4, -0.2) is 13.0 Å². The average Bonchev–Trinajstić information content (AvgIpc) is 3.07. The largest absolute Gasteiger partial charge is 0.497 e. The molecule has 0 bridgehead atoms. The van der Waals surface area contributed by atoms with Crippen molar-refractivity contribution in [2.24, 2.45) is 0 Å². The summed E-state index contributed by atoms with van der Waals surface area (Å²) >= 11 is 0. The molecule has 0 heterocycles. The molecule has 2 aromatic carbocycles. The third kappa shape index (κ3) is 2.53. The molecule has 21 heavy (non-hydrogen) atoms. The van der Waals surface area contributed by atoms with E-state index in [1.807, 2.05) is 18.2 Å². The molecule has 0 spiro atoms. The Hall–Kier alpha value is -2.60. The fraction of sp³-hybridized carbons (Fsp3) is 0.111. The predicted octanol–water partition coefficient (Wildman–Crippen LogP) is 4.15. The summed E-state index contributed by atoms with van der Waals surface area (Å²) in [7, 11) is 1.51. The van der Waals surface area contributed by atoms with E-state index in [0.717, 1.165) is 5.56 Å². The van der Waals surface area contributed by atoms with Gasteiger partial charge in [0.15, 0.2) is 0 Å². The van der Waals surface area contributed by atoms with Crippen molar-refractivity contribution in [2.75, 3.05) is 7.11 Å². The Morgan fingerprint density at radius 1 is 0.952 bits per heavy atom. The van der Waals surface area contributed by atoms with Gasteiger partial charge in [0, 0.05) is 5.56 Å². The van der Waals surface area contributed by atoms with Crippen LogP contribution in [0.5, 0.6) is 5.75 Å². The minimum atomic E-state index is -2.94. The Morgan fingerprint density at radius 3 is 2.43 bits per heavy atom. The molecule has 0 aliphatic heterocycles. The maximum atomic E-state index is 13.9. The number of alkyl halides is 2. The molecule has 0 unspecified atom stereocenters. The number of benzene rings is 2. The monoisotopic (exact) mass is 282 g/mol. The molecule has 0 atom stereocenters. The molecule has 0 aromatic heterocycles. The zero-order chi connectivity index (χ0) is 14.9. The number of halogens is 2. The first-order chi connectivity index (χ1) is 10.1.